The molecule has 0 aromatic heterocycles. The van der Waals surface area contributed by atoms with E-state index < -0.39 is 9.84 Å². The highest BCUT2D eigenvalue weighted by atomic mass is 32.2. The molecule has 1 aliphatic heterocycles. The summed E-state index contributed by atoms with van der Waals surface area (Å²) in [7, 11) is -2.83. The molecule has 19 heavy (non-hydrogen) atoms. The van der Waals surface area contributed by atoms with E-state index in [-0.39, 0.29) is 5.75 Å². The first-order valence-electron chi connectivity index (χ1n) is 7.64. The average Bonchev–Trinajstić information content (AvgIpc) is 2.43. The number of hydrogen-bond donors (Lipinski definition) is 1. The summed E-state index contributed by atoms with van der Waals surface area (Å²) < 4.78 is 23.1. The first-order valence-corrected chi connectivity index (χ1v) is 9.46. The Hall–Kier alpha value is -0.130. The van der Waals surface area contributed by atoms with Gasteiger partial charge in [0.15, 0.2) is 9.84 Å². The second kappa shape index (κ2) is 8.22. The Morgan fingerprint density at radius 3 is 2.74 bits per heavy atom. The topological polar surface area (TPSA) is 49.4 Å². The van der Waals surface area contributed by atoms with Gasteiger partial charge in [-0.1, -0.05) is 13.8 Å². The zero-order valence-electron chi connectivity index (χ0n) is 12.7. The van der Waals surface area contributed by atoms with E-state index in [1.54, 1.807) is 6.92 Å². The fourth-order valence-corrected chi connectivity index (χ4v) is 3.48. The molecule has 0 aromatic carbocycles. The summed E-state index contributed by atoms with van der Waals surface area (Å²) in [6, 6.07) is 0.533. The van der Waals surface area contributed by atoms with Crippen molar-refractivity contribution in [3.8, 4) is 0 Å². The fourth-order valence-electron chi connectivity index (χ4n) is 2.65. The molecule has 0 bridgehead atoms. The number of likely N-dealkylation sites (tertiary alicyclic amines) is 1. The smallest absolute Gasteiger partial charge is 0.151 e. The van der Waals surface area contributed by atoms with E-state index in [4.69, 9.17) is 0 Å². The number of hydrogen-bond acceptors (Lipinski definition) is 4. The Balaban J connectivity index is 2.37. The molecule has 1 fully saturated rings. The van der Waals surface area contributed by atoms with Crippen molar-refractivity contribution in [1.29, 1.82) is 0 Å². The van der Waals surface area contributed by atoms with Gasteiger partial charge in [-0.3, -0.25) is 0 Å². The maximum Gasteiger partial charge on any atom is 0.151 e. The molecule has 0 saturated carbocycles. The van der Waals surface area contributed by atoms with Crippen molar-refractivity contribution >= 4 is 9.84 Å². The number of sulfone groups is 1. The van der Waals surface area contributed by atoms with E-state index in [1.807, 2.05) is 0 Å². The van der Waals surface area contributed by atoms with E-state index in [2.05, 4.69) is 24.1 Å². The van der Waals surface area contributed by atoms with Gasteiger partial charge in [0.25, 0.3) is 0 Å². The van der Waals surface area contributed by atoms with Gasteiger partial charge in [-0.15, -0.1) is 0 Å². The van der Waals surface area contributed by atoms with Crippen LogP contribution in [0.1, 0.15) is 40.0 Å². The number of piperidine rings is 1. The van der Waals surface area contributed by atoms with Crippen LogP contribution in [0.5, 0.6) is 0 Å². The molecular formula is C14H30N2O2S. The Bertz CT molecular complexity index is 343. The molecule has 0 spiro atoms. The third-order valence-electron chi connectivity index (χ3n) is 4.12. The summed E-state index contributed by atoms with van der Waals surface area (Å²) in [5, 5.41) is 3.56. The standard InChI is InChI=1S/C14H30N2O2S/c1-4-8-15-13(3)14-7-6-9-16(12-14)10-11-19(17,18)5-2/h13-15H,4-12H2,1-3H3. The van der Waals surface area contributed by atoms with Crippen LogP contribution >= 0.6 is 0 Å². The van der Waals surface area contributed by atoms with Crippen LogP contribution in [-0.2, 0) is 9.84 Å². The van der Waals surface area contributed by atoms with Crippen molar-refractivity contribution < 1.29 is 8.42 Å². The summed E-state index contributed by atoms with van der Waals surface area (Å²) in [5.74, 6) is 1.23. The van der Waals surface area contributed by atoms with Gasteiger partial charge in [-0.25, -0.2) is 8.42 Å². The van der Waals surface area contributed by atoms with Crippen molar-refractivity contribution in [1.82, 2.24) is 10.2 Å². The zero-order valence-corrected chi connectivity index (χ0v) is 13.5. The summed E-state index contributed by atoms with van der Waals surface area (Å²) >= 11 is 0. The molecular weight excluding hydrogens is 260 g/mol. The van der Waals surface area contributed by atoms with Gasteiger partial charge in [0.2, 0.25) is 0 Å². The highest BCUT2D eigenvalue weighted by Gasteiger charge is 2.24. The molecule has 2 atom stereocenters. The third kappa shape index (κ3) is 6.23. The first-order chi connectivity index (χ1) is 8.98. The minimum absolute atomic E-state index is 0.263. The van der Waals surface area contributed by atoms with E-state index in [0.717, 1.165) is 26.1 Å². The minimum atomic E-state index is -2.83. The molecule has 0 aliphatic carbocycles. The molecule has 5 heteroatoms. The molecule has 0 amide bonds. The van der Waals surface area contributed by atoms with Gasteiger partial charge in [0.05, 0.1) is 5.75 Å². The van der Waals surface area contributed by atoms with Gasteiger partial charge < -0.3 is 10.2 Å². The Kier molecular flexibility index (Phi) is 7.32. The average molecular weight is 290 g/mol. The van der Waals surface area contributed by atoms with Crippen LogP contribution in [-0.4, -0.2) is 57.0 Å². The van der Waals surface area contributed by atoms with Gasteiger partial charge in [-0.05, 0) is 45.2 Å². The van der Waals surface area contributed by atoms with Crippen LogP contribution < -0.4 is 5.32 Å². The number of nitrogens with one attached hydrogen (secondary N) is 1. The lowest BCUT2D eigenvalue weighted by atomic mass is 9.91. The van der Waals surface area contributed by atoms with Gasteiger partial charge in [0.1, 0.15) is 0 Å². The predicted octanol–water partition coefficient (Wildman–Crippen LogP) is 1.52. The molecule has 1 N–H and O–H groups in total. The van der Waals surface area contributed by atoms with E-state index in [9.17, 15) is 8.42 Å². The van der Waals surface area contributed by atoms with Crippen molar-refractivity contribution in [2.75, 3.05) is 37.7 Å². The second-order valence-corrected chi connectivity index (χ2v) is 8.15. The molecule has 1 rings (SSSR count). The van der Waals surface area contributed by atoms with Crippen molar-refractivity contribution in [2.45, 2.75) is 46.1 Å². The van der Waals surface area contributed by atoms with Crippen LogP contribution in [0.15, 0.2) is 0 Å². The molecule has 1 aliphatic rings. The molecule has 1 saturated heterocycles. The lowest BCUT2D eigenvalue weighted by Gasteiger charge is -2.36. The Morgan fingerprint density at radius 2 is 2.11 bits per heavy atom. The zero-order chi connectivity index (χ0) is 14.3. The summed E-state index contributed by atoms with van der Waals surface area (Å²) in [6.07, 6.45) is 3.61. The van der Waals surface area contributed by atoms with Crippen molar-refractivity contribution in [3.63, 3.8) is 0 Å². The van der Waals surface area contributed by atoms with Crippen LogP contribution in [0.3, 0.4) is 0 Å². The lowest BCUT2D eigenvalue weighted by Crippen LogP contribution is -2.45. The molecule has 0 radical (unpaired) electrons. The summed E-state index contributed by atoms with van der Waals surface area (Å²) in [6.45, 7) is 10.0. The number of nitrogens with zero attached hydrogens (tertiary/aromatic N) is 1. The highest BCUT2D eigenvalue weighted by Crippen LogP contribution is 2.19. The summed E-state index contributed by atoms with van der Waals surface area (Å²) in [4.78, 5) is 2.32. The molecule has 114 valence electrons. The normalized spacial score (nSPS) is 23.4. The van der Waals surface area contributed by atoms with E-state index in [0.29, 0.717) is 24.3 Å². The van der Waals surface area contributed by atoms with E-state index in [1.165, 1.54) is 12.8 Å². The quantitative estimate of drug-likeness (QED) is 0.736. The Labute approximate surface area is 118 Å². The molecule has 0 aromatic rings. The van der Waals surface area contributed by atoms with Crippen molar-refractivity contribution in [3.05, 3.63) is 0 Å². The monoisotopic (exact) mass is 290 g/mol. The summed E-state index contributed by atoms with van der Waals surface area (Å²) in [5.41, 5.74) is 0. The van der Waals surface area contributed by atoms with Crippen molar-refractivity contribution in [2.24, 2.45) is 5.92 Å². The Morgan fingerprint density at radius 1 is 1.37 bits per heavy atom. The predicted molar refractivity (Wildman–Crippen MR) is 81.2 cm³/mol. The third-order valence-corrected chi connectivity index (χ3v) is 5.81. The van der Waals surface area contributed by atoms with Crippen LogP contribution in [0.4, 0.5) is 0 Å². The maximum atomic E-state index is 11.6. The van der Waals surface area contributed by atoms with Gasteiger partial charge in [-0.2, -0.15) is 0 Å². The maximum absolute atomic E-state index is 11.6. The minimum Gasteiger partial charge on any atom is -0.314 e. The van der Waals surface area contributed by atoms with Crippen LogP contribution in [0.25, 0.3) is 0 Å². The van der Waals surface area contributed by atoms with Crippen LogP contribution in [0.2, 0.25) is 0 Å². The molecule has 1 heterocycles. The fraction of sp³-hybridized carbons (Fsp3) is 1.00. The van der Waals surface area contributed by atoms with Gasteiger partial charge in [0, 0.05) is 24.9 Å². The van der Waals surface area contributed by atoms with Gasteiger partial charge >= 0.3 is 0 Å². The molecule has 2 unspecified atom stereocenters. The highest BCUT2D eigenvalue weighted by molar-refractivity contribution is 7.91. The number of rotatable bonds is 8. The first kappa shape index (κ1) is 16.9. The SMILES string of the molecule is CCCNC(C)C1CCCN(CCS(=O)(=O)CC)C1. The lowest BCUT2D eigenvalue weighted by molar-refractivity contribution is 0.158. The van der Waals surface area contributed by atoms with E-state index >= 15 is 0 Å². The van der Waals surface area contributed by atoms with Crippen LogP contribution in [0, 0.1) is 5.92 Å². The second-order valence-electron chi connectivity index (χ2n) is 5.68. The molecule has 4 nitrogen and oxygen atoms in total. The largest absolute Gasteiger partial charge is 0.314 e.